The summed E-state index contributed by atoms with van der Waals surface area (Å²) in [6, 6.07) is 22.4. The predicted molar refractivity (Wildman–Crippen MR) is 87.7 cm³/mol. The highest BCUT2D eigenvalue weighted by Crippen LogP contribution is 2.32. The minimum absolute atomic E-state index is 0.0771. The van der Waals surface area contributed by atoms with Gasteiger partial charge in [0.05, 0.1) is 5.56 Å². The van der Waals surface area contributed by atoms with Crippen molar-refractivity contribution in [2.45, 2.75) is 12.8 Å². The van der Waals surface area contributed by atoms with Gasteiger partial charge in [-0.3, -0.25) is 0 Å². The molecule has 3 aromatic carbocycles. The zero-order valence-corrected chi connectivity index (χ0v) is 12.8. The molecule has 4 heteroatoms. The maximum absolute atomic E-state index is 12.8. The molecular weight excluding hydrogens is 313 g/mol. The van der Waals surface area contributed by atoms with E-state index in [1.54, 1.807) is 6.07 Å². The lowest BCUT2D eigenvalue weighted by molar-refractivity contribution is -0.137. The monoisotopic (exact) mass is 328 g/mol. The Morgan fingerprint density at radius 1 is 0.750 bits per heavy atom. The molecule has 0 spiro atoms. The van der Waals surface area contributed by atoms with Crippen LogP contribution in [0.1, 0.15) is 11.1 Å². The summed E-state index contributed by atoms with van der Waals surface area (Å²) in [4.78, 5) is 0. The van der Waals surface area contributed by atoms with Crippen LogP contribution < -0.4 is 4.74 Å². The molecule has 122 valence electrons. The highest BCUT2D eigenvalue weighted by molar-refractivity contribution is 5.70. The van der Waals surface area contributed by atoms with E-state index in [0.717, 1.165) is 23.3 Å². The van der Waals surface area contributed by atoms with Crippen molar-refractivity contribution >= 4 is 0 Å². The van der Waals surface area contributed by atoms with Crippen molar-refractivity contribution in [3.8, 4) is 16.9 Å². The first kappa shape index (κ1) is 16.1. The lowest BCUT2D eigenvalue weighted by Crippen LogP contribution is -2.06. The van der Waals surface area contributed by atoms with Crippen molar-refractivity contribution in [3.05, 3.63) is 90.0 Å². The Balaban J connectivity index is 1.81. The lowest BCUT2D eigenvalue weighted by atomic mass is 10.0. The van der Waals surface area contributed by atoms with Crippen molar-refractivity contribution in [3.63, 3.8) is 0 Å². The van der Waals surface area contributed by atoms with Crippen LogP contribution in [0.25, 0.3) is 11.1 Å². The Labute approximate surface area is 138 Å². The van der Waals surface area contributed by atoms with Gasteiger partial charge in [-0.05, 0) is 29.3 Å². The fourth-order valence-corrected chi connectivity index (χ4v) is 2.45. The van der Waals surface area contributed by atoms with Crippen LogP contribution in [0.15, 0.2) is 78.9 Å². The summed E-state index contributed by atoms with van der Waals surface area (Å²) in [6.45, 7) is 0.0771. The van der Waals surface area contributed by atoms with Crippen LogP contribution in [0, 0.1) is 0 Å². The van der Waals surface area contributed by atoms with Crippen LogP contribution >= 0.6 is 0 Å². The molecule has 0 saturated heterocycles. The Hall–Kier alpha value is -2.75. The number of benzene rings is 3. The third-order valence-electron chi connectivity index (χ3n) is 3.62. The molecule has 3 aromatic rings. The molecule has 0 aliphatic rings. The topological polar surface area (TPSA) is 9.23 Å². The predicted octanol–water partition coefficient (Wildman–Crippen LogP) is 5.95. The van der Waals surface area contributed by atoms with E-state index in [9.17, 15) is 13.2 Å². The largest absolute Gasteiger partial charge is 0.488 e. The Bertz CT molecular complexity index is 810. The van der Waals surface area contributed by atoms with Crippen LogP contribution in [0.4, 0.5) is 13.2 Å². The third-order valence-corrected chi connectivity index (χ3v) is 3.62. The zero-order chi connectivity index (χ0) is 17.0. The van der Waals surface area contributed by atoms with Gasteiger partial charge in [0.25, 0.3) is 0 Å². The number of hydrogen-bond donors (Lipinski definition) is 0. The average Bonchev–Trinajstić information content (AvgIpc) is 2.60. The second-order valence-corrected chi connectivity index (χ2v) is 5.35. The first-order valence-electron chi connectivity index (χ1n) is 7.47. The van der Waals surface area contributed by atoms with Crippen LogP contribution in [0.2, 0.25) is 0 Å². The van der Waals surface area contributed by atoms with Crippen molar-refractivity contribution in [1.29, 1.82) is 0 Å². The van der Waals surface area contributed by atoms with Crippen LogP contribution in [-0.4, -0.2) is 0 Å². The first-order chi connectivity index (χ1) is 11.5. The summed E-state index contributed by atoms with van der Waals surface area (Å²) in [5.74, 6) is 0.640. The van der Waals surface area contributed by atoms with Gasteiger partial charge in [0.15, 0.2) is 0 Å². The molecule has 0 atom stereocenters. The van der Waals surface area contributed by atoms with Gasteiger partial charge in [-0.2, -0.15) is 13.2 Å². The quantitative estimate of drug-likeness (QED) is 0.575. The van der Waals surface area contributed by atoms with Gasteiger partial charge in [-0.15, -0.1) is 0 Å². The number of rotatable bonds is 4. The molecule has 0 bridgehead atoms. The summed E-state index contributed by atoms with van der Waals surface area (Å²) >= 11 is 0. The van der Waals surface area contributed by atoms with E-state index in [4.69, 9.17) is 4.74 Å². The summed E-state index contributed by atoms with van der Waals surface area (Å²) in [7, 11) is 0. The molecule has 0 aliphatic heterocycles. The molecule has 3 rings (SSSR count). The van der Waals surface area contributed by atoms with Crippen LogP contribution in [-0.2, 0) is 12.8 Å². The van der Waals surface area contributed by atoms with E-state index in [-0.39, 0.29) is 6.61 Å². The van der Waals surface area contributed by atoms with E-state index in [1.165, 1.54) is 6.07 Å². The van der Waals surface area contributed by atoms with E-state index >= 15 is 0 Å². The van der Waals surface area contributed by atoms with E-state index < -0.39 is 11.7 Å². The summed E-state index contributed by atoms with van der Waals surface area (Å²) < 4.78 is 44.1. The molecule has 0 N–H and O–H groups in total. The molecule has 0 saturated carbocycles. The van der Waals surface area contributed by atoms with Gasteiger partial charge < -0.3 is 4.74 Å². The average molecular weight is 328 g/mol. The van der Waals surface area contributed by atoms with E-state index in [2.05, 4.69) is 0 Å². The molecule has 0 aromatic heterocycles. The van der Waals surface area contributed by atoms with Crippen molar-refractivity contribution in [1.82, 2.24) is 0 Å². The number of alkyl halides is 3. The Morgan fingerprint density at radius 2 is 1.46 bits per heavy atom. The second kappa shape index (κ2) is 6.79. The van der Waals surface area contributed by atoms with Crippen molar-refractivity contribution in [2.75, 3.05) is 0 Å². The summed E-state index contributed by atoms with van der Waals surface area (Å²) in [5, 5.41) is 0. The minimum atomic E-state index is -4.35. The normalized spacial score (nSPS) is 11.3. The van der Waals surface area contributed by atoms with Crippen molar-refractivity contribution in [2.24, 2.45) is 0 Å². The van der Waals surface area contributed by atoms with Gasteiger partial charge in [0, 0.05) is 5.56 Å². The number of halogens is 3. The van der Waals surface area contributed by atoms with Crippen LogP contribution in [0.3, 0.4) is 0 Å². The van der Waals surface area contributed by atoms with Crippen molar-refractivity contribution < 1.29 is 17.9 Å². The highest BCUT2D eigenvalue weighted by atomic mass is 19.4. The maximum Gasteiger partial charge on any atom is 0.416 e. The SMILES string of the molecule is FC(F)(F)c1cccc(COc2ccccc2-c2ccccc2)c1. The van der Waals surface area contributed by atoms with Gasteiger partial charge in [0.2, 0.25) is 0 Å². The second-order valence-electron chi connectivity index (χ2n) is 5.35. The van der Waals surface area contributed by atoms with E-state index in [0.29, 0.717) is 11.3 Å². The molecule has 0 aliphatic carbocycles. The molecule has 1 nitrogen and oxygen atoms in total. The lowest BCUT2D eigenvalue weighted by Gasteiger charge is -2.13. The molecule has 0 radical (unpaired) electrons. The number of ether oxygens (including phenoxy) is 1. The van der Waals surface area contributed by atoms with Crippen LogP contribution in [0.5, 0.6) is 5.75 Å². The maximum atomic E-state index is 12.8. The Kier molecular flexibility index (Phi) is 4.56. The van der Waals surface area contributed by atoms with Gasteiger partial charge in [0.1, 0.15) is 12.4 Å². The fourth-order valence-electron chi connectivity index (χ4n) is 2.45. The number of para-hydroxylation sites is 1. The minimum Gasteiger partial charge on any atom is -0.488 e. The van der Waals surface area contributed by atoms with E-state index in [1.807, 2.05) is 54.6 Å². The standard InChI is InChI=1S/C20H15F3O/c21-20(22,23)17-10-6-7-15(13-17)14-24-19-12-5-4-11-18(19)16-8-2-1-3-9-16/h1-13H,14H2. The molecule has 0 unspecified atom stereocenters. The first-order valence-corrected chi connectivity index (χ1v) is 7.47. The Morgan fingerprint density at radius 3 is 2.21 bits per heavy atom. The molecule has 0 fully saturated rings. The fraction of sp³-hybridized carbons (Fsp3) is 0.100. The zero-order valence-electron chi connectivity index (χ0n) is 12.8. The molecule has 0 amide bonds. The highest BCUT2D eigenvalue weighted by Gasteiger charge is 2.30. The molecular formula is C20H15F3O. The number of hydrogen-bond acceptors (Lipinski definition) is 1. The molecule has 24 heavy (non-hydrogen) atoms. The van der Waals surface area contributed by atoms with Gasteiger partial charge >= 0.3 is 6.18 Å². The van der Waals surface area contributed by atoms with Gasteiger partial charge in [-0.25, -0.2) is 0 Å². The van der Waals surface area contributed by atoms with Gasteiger partial charge in [-0.1, -0.05) is 60.7 Å². The summed E-state index contributed by atoms with van der Waals surface area (Å²) in [6.07, 6.45) is -4.35. The smallest absolute Gasteiger partial charge is 0.416 e. The summed E-state index contributed by atoms with van der Waals surface area (Å²) in [5.41, 5.74) is 1.72. The molecule has 0 heterocycles. The third kappa shape index (κ3) is 3.77.